The Kier molecular flexibility index (Phi) is 1.98. The quantitative estimate of drug-likeness (QED) is 0.554. The number of hydrogen-bond donors (Lipinski definition) is 0. The normalized spacial score (nSPS) is 42.0. The fourth-order valence-electron chi connectivity index (χ4n) is 3.41. The van der Waals surface area contributed by atoms with Gasteiger partial charge in [-0.05, 0) is 43.9 Å². The number of rotatable bonds is 0. The van der Waals surface area contributed by atoms with Crippen molar-refractivity contribution < 1.29 is 0 Å². The van der Waals surface area contributed by atoms with E-state index in [-0.39, 0.29) is 0 Å². The number of allylic oxidation sites excluding steroid dienone is 8. The summed E-state index contributed by atoms with van der Waals surface area (Å²) < 4.78 is 0. The van der Waals surface area contributed by atoms with Crippen LogP contribution in [0, 0.1) is 23.7 Å². The molecule has 0 bridgehead atoms. The van der Waals surface area contributed by atoms with Gasteiger partial charge in [0.2, 0.25) is 0 Å². The highest BCUT2D eigenvalue weighted by molar-refractivity contribution is 5.32. The Hall–Kier alpha value is -1.04. The lowest BCUT2D eigenvalue weighted by atomic mass is 9.81. The maximum atomic E-state index is 2.47. The monoisotopic (exact) mass is 198 g/mol. The second kappa shape index (κ2) is 3.23. The molecule has 0 aromatic carbocycles. The number of fused-ring (bicyclic) bond motifs is 3. The molecule has 0 N–H and O–H groups in total. The van der Waals surface area contributed by atoms with Crippen LogP contribution in [0.2, 0.25) is 0 Å². The minimum Gasteiger partial charge on any atom is -0.0800 e. The van der Waals surface area contributed by atoms with E-state index >= 15 is 0 Å². The van der Waals surface area contributed by atoms with E-state index in [1.165, 1.54) is 17.6 Å². The fourth-order valence-corrected chi connectivity index (χ4v) is 3.41. The van der Waals surface area contributed by atoms with E-state index in [2.05, 4.69) is 50.3 Å². The van der Waals surface area contributed by atoms with E-state index in [0.29, 0.717) is 0 Å². The summed E-state index contributed by atoms with van der Waals surface area (Å²) in [7, 11) is 0. The predicted octanol–water partition coefficient (Wildman–Crippen LogP) is 3.89. The van der Waals surface area contributed by atoms with E-state index < -0.39 is 0 Å². The second-order valence-electron chi connectivity index (χ2n) is 5.26. The Morgan fingerprint density at radius 1 is 0.867 bits per heavy atom. The summed E-state index contributed by atoms with van der Waals surface area (Å²) in [6.45, 7) is 4.43. The molecular formula is C15H18. The lowest BCUT2D eigenvalue weighted by molar-refractivity contribution is 0.458. The van der Waals surface area contributed by atoms with E-state index in [9.17, 15) is 0 Å². The standard InChI is InChI=1S/C15H18/c1-10-3-5-14-12(7-10)9-13-8-11(2)4-6-15(13)14/h3-8,12-15H,9H2,1-2H3. The molecule has 0 spiro atoms. The van der Waals surface area contributed by atoms with Crippen LogP contribution >= 0.6 is 0 Å². The van der Waals surface area contributed by atoms with Gasteiger partial charge in [0.1, 0.15) is 0 Å². The first-order valence-corrected chi connectivity index (χ1v) is 5.97. The van der Waals surface area contributed by atoms with Crippen molar-refractivity contribution in [3.63, 3.8) is 0 Å². The zero-order valence-electron chi connectivity index (χ0n) is 9.48. The number of hydrogen-bond acceptors (Lipinski definition) is 0. The van der Waals surface area contributed by atoms with Crippen LogP contribution in [-0.2, 0) is 0 Å². The Morgan fingerprint density at radius 3 is 1.80 bits per heavy atom. The summed E-state index contributed by atoms with van der Waals surface area (Å²) in [5.41, 5.74) is 2.89. The lowest BCUT2D eigenvalue weighted by Crippen LogP contribution is -2.15. The van der Waals surface area contributed by atoms with Gasteiger partial charge < -0.3 is 0 Å². The molecular weight excluding hydrogens is 180 g/mol. The van der Waals surface area contributed by atoms with Gasteiger partial charge in [0.25, 0.3) is 0 Å². The van der Waals surface area contributed by atoms with Crippen LogP contribution in [0.5, 0.6) is 0 Å². The molecule has 0 heteroatoms. The van der Waals surface area contributed by atoms with E-state index in [1.54, 1.807) is 0 Å². The van der Waals surface area contributed by atoms with Crippen molar-refractivity contribution in [2.45, 2.75) is 20.3 Å². The molecule has 0 aromatic rings. The highest BCUT2D eigenvalue weighted by Gasteiger charge is 2.40. The summed E-state index contributed by atoms with van der Waals surface area (Å²) in [4.78, 5) is 0. The molecule has 3 aliphatic rings. The molecule has 4 atom stereocenters. The Labute approximate surface area is 92.1 Å². The third-order valence-corrected chi connectivity index (χ3v) is 4.09. The van der Waals surface area contributed by atoms with Gasteiger partial charge in [-0.3, -0.25) is 0 Å². The van der Waals surface area contributed by atoms with Crippen LogP contribution < -0.4 is 0 Å². The first kappa shape index (κ1) is 9.21. The van der Waals surface area contributed by atoms with Gasteiger partial charge >= 0.3 is 0 Å². The molecule has 1 saturated carbocycles. The van der Waals surface area contributed by atoms with Crippen molar-refractivity contribution in [2.24, 2.45) is 23.7 Å². The van der Waals surface area contributed by atoms with Crippen LogP contribution in [-0.4, -0.2) is 0 Å². The average molecular weight is 198 g/mol. The van der Waals surface area contributed by atoms with Gasteiger partial charge in [-0.1, -0.05) is 47.6 Å². The Morgan fingerprint density at radius 2 is 1.33 bits per heavy atom. The molecule has 0 aromatic heterocycles. The van der Waals surface area contributed by atoms with Crippen molar-refractivity contribution >= 4 is 0 Å². The minimum absolute atomic E-state index is 0.763. The summed E-state index contributed by atoms with van der Waals surface area (Å²) in [5.74, 6) is 3.10. The van der Waals surface area contributed by atoms with E-state index in [4.69, 9.17) is 0 Å². The van der Waals surface area contributed by atoms with Crippen LogP contribution in [0.25, 0.3) is 0 Å². The van der Waals surface area contributed by atoms with Gasteiger partial charge in [-0.2, -0.15) is 0 Å². The molecule has 0 saturated heterocycles. The molecule has 3 aliphatic carbocycles. The molecule has 78 valence electrons. The van der Waals surface area contributed by atoms with Crippen molar-refractivity contribution in [3.8, 4) is 0 Å². The molecule has 1 fully saturated rings. The van der Waals surface area contributed by atoms with Gasteiger partial charge in [-0.25, -0.2) is 0 Å². The molecule has 0 aliphatic heterocycles. The van der Waals surface area contributed by atoms with Gasteiger partial charge in [0.15, 0.2) is 0 Å². The molecule has 0 heterocycles. The molecule has 4 unspecified atom stereocenters. The largest absolute Gasteiger partial charge is 0.0800 e. The summed E-state index contributed by atoms with van der Waals surface area (Å²) in [6, 6.07) is 0. The van der Waals surface area contributed by atoms with Crippen molar-refractivity contribution in [2.75, 3.05) is 0 Å². The summed E-state index contributed by atoms with van der Waals surface area (Å²) in [5, 5.41) is 0. The zero-order chi connectivity index (χ0) is 10.4. The van der Waals surface area contributed by atoms with E-state index in [0.717, 1.165) is 23.7 Å². The van der Waals surface area contributed by atoms with Crippen molar-refractivity contribution in [1.82, 2.24) is 0 Å². The summed E-state index contributed by atoms with van der Waals surface area (Å²) >= 11 is 0. The zero-order valence-corrected chi connectivity index (χ0v) is 9.48. The molecule has 0 amide bonds. The van der Waals surface area contributed by atoms with Gasteiger partial charge in [0, 0.05) is 0 Å². The van der Waals surface area contributed by atoms with Gasteiger partial charge in [-0.15, -0.1) is 0 Å². The van der Waals surface area contributed by atoms with Crippen LogP contribution in [0.1, 0.15) is 20.3 Å². The molecule has 15 heavy (non-hydrogen) atoms. The molecule has 3 rings (SSSR count). The SMILES string of the molecule is CC1=CC2CC3C=C(C)C=CC3C2C=C1. The Bertz CT molecular complexity index is 354. The smallest absolute Gasteiger partial charge is 0.00981 e. The highest BCUT2D eigenvalue weighted by atomic mass is 14.4. The van der Waals surface area contributed by atoms with Crippen LogP contribution in [0.15, 0.2) is 47.6 Å². The van der Waals surface area contributed by atoms with Gasteiger partial charge in [0.05, 0.1) is 0 Å². The maximum absolute atomic E-state index is 2.47. The molecule has 0 radical (unpaired) electrons. The van der Waals surface area contributed by atoms with E-state index in [1.807, 2.05) is 0 Å². The third kappa shape index (κ3) is 1.43. The summed E-state index contributed by atoms with van der Waals surface area (Å²) in [6.07, 6.45) is 15.7. The van der Waals surface area contributed by atoms with Crippen LogP contribution in [0.3, 0.4) is 0 Å². The first-order valence-electron chi connectivity index (χ1n) is 5.97. The highest BCUT2D eigenvalue weighted by Crippen LogP contribution is 2.48. The Balaban J connectivity index is 1.93. The maximum Gasteiger partial charge on any atom is -0.00981 e. The predicted molar refractivity (Wildman–Crippen MR) is 64.4 cm³/mol. The topological polar surface area (TPSA) is 0 Å². The first-order chi connectivity index (χ1) is 7.24. The second-order valence-corrected chi connectivity index (χ2v) is 5.26. The lowest BCUT2D eigenvalue weighted by Gasteiger charge is -2.23. The van der Waals surface area contributed by atoms with Crippen molar-refractivity contribution in [3.05, 3.63) is 47.6 Å². The average Bonchev–Trinajstić information content (AvgIpc) is 2.53. The fraction of sp³-hybridized carbons (Fsp3) is 0.467. The molecule has 0 nitrogen and oxygen atoms in total. The third-order valence-electron chi connectivity index (χ3n) is 4.09. The minimum atomic E-state index is 0.763. The van der Waals surface area contributed by atoms with Crippen LogP contribution in [0.4, 0.5) is 0 Å². The van der Waals surface area contributed by atoms with Crippen molar-refractivity contribution in [1.29, 1.82) is 0 Å².